The van der Waals surface area contributed by atoms with E-state index in [4.69, 9.17) is 5.11 Å². The first kappa shape index (κ1) is 15.1. The van der Waals surface area contributed by atoms with Crippen LogP contribution in [0.4, 0.5) is 0 Å². The highest BCUT2D eigenvalue weighted by Gasteiger charge is 2.14. The lowest BCUT2D eigenvalue weighted by Gasteiger charge is -2.12. The molecule has 0 spiro atoms. The summed E-state index contributed by atoms with van der Waals surface area (Å²) >= 11 is 2.50. The molecule has 7 heteroatoms. The molecule has 0 atom stereocenters. The zero-order chi connectivity index (χ0) is 14.7. The predicted molar refractivity (Wildman–Crippen MR) is 81.7 cm³/mol. The van der Waals surface area contributed by atoms with Gasteiger partial charge in [-0.05, 0) is 23.8 Å². The van der Waals surface area contributed by atoms with E-state index in [9.17, 15) is 9.59 Å². The fraction of sp³-hybridized carbons (Fsp3) is 0.462. The van der Waals surface area contributed by atoms with Gasteiger partial charge >= 0.3 is 5.97 Å². The Bertz CT molecular complexity index is 676. The summed E-state index contributed by atoms with van der Waals surface area (Å²) in [5.74, 6) is -0.534. The topological polar surface area (TPSA) is 72.2 Å². The minimum Gasteiger partial charge on any atom is -0.481 e. The summed E-state index contributed by atoms with van der Waals surface area (Å²) in [6, 6.07) is 1.77. The molecule has 0 bridgehead atoms. The molecule has 2 rings (SSSR count). The van der Waals surface area contributed by atoms with E-state index in [0.29, 0.717) is 27.8 Å². The monoisotopic (exact) mass is 312 g/mol. The van der Waals surface area contributed by atoms with Crippen LogP contribution in [0, 0.1) is 5.92 Å². The standard InChI is InChI=1S/C13H16N2O3S2/c1-8(2)3-5-15-12(18)9-4-6-19-11(9)14-13(15)20-7-10(16)17/h4,6,8H,3,5,7H2,1-2H3,(H,16,17). The summed E-state index contributed by atoms with van der Waals surface area (Å²) in [6.07, 6.45) is 0.859. The van der Waals surface area contributed by atoms with Gasteiger partial charge in [0, 0.05) is 6.54 Å². The Hall–Kier alpha value is -1.34. The fourth-order valence-corrected chi connectivity index (χ4v) is 3.30. The van der Waals surface area contributed by atoms with Crippen LogP contribution in [0.15, 0.2) is 21.4 Å². The number of hydrogen-bond donors (Lipinski definition) is 1. The van der Waals surface area contributed by atoms with E-state index in [1.165, 1.54) is 11.3 Å². The number of thioether (sulfide) groups is 1. The van der Waals surface area contributed by atoms with Gasteiger partial charge in [-0.3, -0.25) is 14.2 Å². The molecular weight excluding hydrogens is 296 g/mol. The van der Waals surface area contributed by atoms with Gasteiger partial charge in [0.15, 0.2) is 5.16 Å². The number of carboxylic acids is 1. The van der Waals surface area contributed by atoms with Gasteiger partial charge in [0.05, 0.1) is 11.1 Å². The number of aliphatic carboxylic acids is 1. The molecule has 0 aromatic carbocycles. The third-order valence-electron chi connectivity index (χ3n) is 2.80. The molecule has 0 unspecified atom stereocenters. The van der Waals surface area contributed by atoms with Gasteiger partial charge in [-0.1, -0.05) is 25.6 Å². The molecule has 0 aliphatic carbocycles. The largest absolute Gasteiger partial charge is 0.481 e. The van der Waals surface area contributed by atoms with E-state index in [2.05, 4.69) is 18.8 Å². The smallest absolute Gasteiger partial charge is 0.313 e. The Morgan fingerprint density at radius 2 is 2.30 bits per heavy atom. The molecule has 5 nitrogen and oxygen atoms in total. The van der Waals surface area contributed by atoms with Crippen molar-refractivity contribution in [3.05, 3.63) is 21.8 Å². The highest BCUT2D eigenvalue weighted by Crippen LogP contribution is 2.21. The van der Waals surface area contributed by atoms with Gasteiger partial charge in [-0.2, -0.15) is 0 Å². The zero-order valence-electron chi connectivity index (χ0n) is 11.3. The number of thiophene rings is 1. The first-order chi connectivity index (χ1) is 9.49. The van der Waals surface area contributed by atoms with Crippen LogP contribution >= 0.6 is 23.1 Å². The van der Waals surface area contributed by atoms with Crippen LogP contribution < -0.4 is 5.56 Å². The number of carbonyl (C=O) groups is 1. The van der Waals surface area contributed by atoms with Crippen LogP contribution in [-0.4, -0.2) is 26.4 Å². The molecule has 1 N–H and O–H groups in total. The molecule has 0 amide bonds. The first-order valence-corrected chi connectivity index (χ1v) is 8.18. The Morgan fingerprint density at radius 3 is 2.95 bits per heavy atom. The second-order valence-corrected chi connectivity index (χ2v) is 6.69. The molecule has 0 fully saturated rings. The third kappa shape index (κ3) is 3.40. The normalized spacial score (nSPS) is 11.3. The molecule has 0 saturated carbocycles. The molecule has 2 aromatic rings. The maximum Gasteiger partial charge on any atom is 0.313 e. The van der Waals surface area contributed by atoms with E-state index >= 15 is 0 Å². The summed E-state index contributed by atoms with van der Waals surface area (Å²) in [5.41, 5.74) is -0.0789. The van der Waals surface area contributed by atoms with Crippen molar-refractivity contribution in [3.63, 3.8) is 0 Å². The second-order valence-electron chi connectivity index (χ2n) is 4.86. The van der Waals surface area contributed by atoms with E-state index in [1.807, 2.05) is 5.38 Å². The molecule has 2 aromatic heterocycles. The molecule has 20 heavy (non-hydrogen) atoms. The van der Waals surface area contributed by atoms with Crippen molar-refractivity contribution < 1.29 is 9.90 Å². The summed E-state index contributed by atoms with van der Waals surface area (Å²) < 4.78 is 1.60. The Morgan fingerprint density at radius 1 is 1.55 bits per heavy atom. The SMILES string of the molecule is CC(C)CCn1c(SCC(=O)O)nc2sccc2c1=O. The Balaban J connectivity index is 2.42. The average molecular weight is 312 g/mol. The van der Waals surface area contributed by atoms with Crippen molar-refractivity contribution in [2.75, 3.05) is 5.75 Å². The molecule has 0 aliphatic heterocycles. The molecule has 108 valence electrons. The summed E-state index contributed by atoms with van der Waals surface area (Å²) in [7, 11) is 0. The number of fused-ring (bicyclic) bond motifs is 1. The minimum absolute atomic E-state index is 0.0789. The van der Waals surface area contributed by atoms with Gasteiger partial charge in [0.1, 0.15) is 4.83 Å². The van der Waals surface area contributed by atoms with Crippen LogP contribution in [0.25, 0.3) is 10.2 Å². The average Bonchev–Trinajstić information content (AvgIpc) is 2.83. The Labute approximate surface area is 124 Å². The van der Waals surface area contributed by atoms with Gasteiger partial charge in [0.2, 0.25) is 0 Å². The van der Waals surface area contributed by atoms with Crippen molar-refractivity contribution in [1.82, 2.24) is 9.55 Å². The lowest BCUT2D eigenvalue weighted by Crippen LogP contribution is -2.24. The molecule has 0 radical (unpaired) electrons. The van der Waals surface area contributed by atoms with Crippen molar-refractivity contribution in [2.45, 2.75) is 32.0 Å². The maximum absolute atomic E-state index is 12.4. The van der Waals surface area contributed by atoms with Gasteiger partial charge in [0.25, 0.3) is 5.56 Å². The first-order valence-electron chi connectivity index (χ1n) is 6.31. The highest BCUT2D eigenvalue weighted by molar-refractivity contribution is 7.99. The predicted octanol–water partition coefficient (Wildman–Crippen LogP) is 2.68. The van der Waals surface area contributed by atoms with Gasteiger partial charge < -0.3 is 5.11 Å². The summed E-state index contributed by atoms with van der Waals surface area (Å²) in [4.78, 5) is 28.2. The van der Waals surface area contributed by atoms with Crippen LogP contribution in [0.3, 0.4) is 0 Å². The van der Waals surface area contributed by atoms with E-state index in [1.54, 1.807) is 10.6 Å². The van der Waals surface area contributed by atoms with Crippen LogP contribution in [0.1, 0.15) is 20.3 Å². The van der Waals surface area contributed by atoms with Crippen molar-refractivity contribution >= 4 is 39.3 Å². The molecular formula is C13H16N2O3S2. The number of carboxylic acid groups (broad SMARTS) is 1. The van der Waals surface area contributed by atoms with Crippen LogP contribution in [0.2, 0.25) is 0 Å². The number of rotatable bonds is 6. The molecule has 2 heterocycles. The molecule has 0 saturated heterocycles. The van der Waals surface area contributed by atoms with Crippen LogP contribution in [-0.2, 0) is 11.3 Å². The van der Waals surface area contributed by atoms with Crippen LogP contribution in [0.5, 0.6) is 0 Å². The summed E-state index contributed by atoms with van der Waals surface area (Å²) in [6.45, 7) is 4.74. The van der Waals surface area contributed by atoms with Crippen molar-refractivity contribution in [2.24, 2.45) is 5.92 Å². The fourth-order valence-electron chi connectivity index (χ4n) is 1.75. The highest BCUT2D eigenvalue weighted by atomic mass is 32.2. The minimum atomic E-state index is -0.911. The summed E-state index contributed by atoms with van der Waals surface area (Å²) in [5, 5.41) is 11.7. The second kappa shape index (κ2) is 6.41. The van der Waals surface area contributed by atoms with E-state index in [-0.39, 0.29) is 11.3 Å². The van der Waals surface area contributed by atoms with Crippen molar-refractivity contribution in [1.29, 1.82) is 0 Å². The van der Waals surface area contributed by atoms with E-state index in [0.717, 1.165) is 18.2 Å². The van der Waals surface area contributed by atoms with Gasteiger partial charge in [-0.25, -0.2) is 4.98 Å². The number of hydrogen-bond acceptors (Lipinski definition) is 5. The van der Waals surface area contributed by atoms with Crippen molar-refractivity contribution in [3.8, 4) is 0 Å². The third-order valence-corrected chi connectivity index (χ3v) is 4.57. The quantitative estimate of drug-likeness (QED) is 0.656. The maximum atomic E-state index is 12.4. The number of aromatic nitrogens is 2. The zero-order valence-corrected chi connectivity index (χ0v) is 13.0. The lowest BCUT2D eigenvalue weighted by molar-refractivity contribution is -0.133. The Kier molecular flexibility index (Phi) is 4.82. The molecule has 0 aliphatic rings. The van der Waals surface area contributed by atoms with E-state index < -0.39 is 5.97 Å². The van der Waals surface area contributed by atoms with Gasteiger partial charge in [-0.15, -0.1) is 11.3 Å². The number of nitrogens with zero attached hydrogens (tertiary/aromatic N) is 2. The lowest BCUT2D eigenvalue weighted by atomic mass is 10.1.